The molecule has 1 unspecified atom stereocenters. The van der Waals surface area contributed by atoms with Gasteiger partial charge in [0.2, 0.25) is 0 Å². The number of carboxylic acid groups (broad SMARTS) is 1. The fraction of sp³-hybridized carbons (Fsp3) is 0.400. The van der Waals surface area contributed by atoms with E-state index in [-0.39, 0.29) is 79.1 Å². The van der Waals surface area contributed by atoms with Crippen LogP contribution < -0.4 is 14.2 Å². The highest BCUT2D eigenvalue weighted by Crippen LogP contribution is 2.44. The highest BCUT2D eigenvalue weighted by molar-refractivity contribution is 6.17. The van der Waals surface area contributed by atoms with Crippen molar-refractivity contribution in [2.24, 2.45) is 23.7 Å². The maximum absolute atomic E-state index is 12.5. The Morgan fingerprint density at radius 3 is 0.836 bits per heavy atom. The maximum atomic E-state index is 12.5. The minimum Gasteiger partial charge on any atom is -0.508 e. The Hall–Kier alpha value is -9.99. The van der Waals surface area contributed by atoms with E-state index in [2.05, 4.69) is 0 Å². The van der Waals surface area contributed by atoms with Gasteiger partial charge in [0.25, 0.3) is 0 Å². The molecule has 0 aliphatic heterocycles. The number of carbonyl (C=O) groups excluding carboxylic acids is 2. The van der Waals surface area contributed by atoms with Gasteiger partial charge in [-0.05, 0) is 342 Å². The second-order valence-corrected chi connectivity index (χ2v) is 31.4. The molecule has 21 heteroatoms. The quantitative estimate of drug-likeness (QED) is 0.00678. The lowest BCUT2D eigenvalue weighted by Gasteiger charge is -2.28. The molecule has 7 N–H and O–H groups in total. The topological polar surface area (TPSA) is 276 Å². The normalized spacial score (nSPS) is 15.5. The number of aromatic hydroxyl groups is 6. The van der Waals surface area contributed by atoms with Gasteiger partial charge in [0.15, 0.2) is 33.4 Å². The van der Waals surface area contributed by atoms with Crippen LogP contribution in [0.15, 0.2) is 146 Å². The van der Waals surface area contributed by atoms with E-state index in [1.807, 2.05) is 186 Å². The van der Waals surface area contributed by atoms with Crippen LogP contribution in [0.25, 0.3) is 0 Å². The number of ether oxygens (including phenoxy) is 9. The van der Waals surface area contributed by atoms with Crippen molar-refractivity contribution in [1.82, 2.24) is 0 Å². The molecule has 2 saturated carbocycles. The number of hydrogen-bond acceptors (Lipinski definition) is 18. The largest absolute Gasteiger partial charge is 0.508 e. The molecular formula is C95H112Cl2O19. The summed E-state index contributed by atoms with van der Waals surface area (Å²) in [6.45, 7) is 24.3. The van der Waals surface area contributed by atoms with Gasteiger partial charge in [0.05, 0.1) is 26.4 Å². The molecule has 1 atom stereocenters. The molecule has 0 bridgehead atoms. The average Bonchev–Trinajstić information content (AvgIpc) is 0.783. The molecule has 0 aromatic heterocycles. The van der Waals surface area contributed by atoms with Crippen molar-refractivity contribution in [3.05, 3.63) is 262 Å². The van der Waals surface area contributed by atoms with Crippen LogP contribution in [0.1, 0.15) is 186 Å². The number of rotatable bonds is 32. The van der Waals surface area contributed by atoms with E-state index >= 15 is 0 Å². The van der Waals surface area contributed by atoms with Gasteiger partial charge in [0.1, 0.15) is 63.9 Å². The average molecular weight is 1630 g/mol. The zero-order chi connectivity index (χ0) is 83.9. The first-order valence-electron chi connectivity index (χ1n) is 39.4. The van der Waals surface area contributed by atoms with Crippen LogP contribution in [0.5, 0.6) is 51.7 Å². The fourth-order valence-corrected chi connectivity index (χ4v) is 15.6. The lowest BCUT2D eigenvalue weighted by Crippen LogP contribution is -2.24. The molecule has 19 nitrogen and oxygen atoms in total. The number of halogens is 2. The Balaban J connectivity index is 0.000000283. The van der Waals surface area contributed by atoms with E-state index in [0.29, 0.717) is 66.3 Å². The summed E-state index contributed by atoms with van der Waals surface area (Å²) < 4.78 is 49.2. The first-order valence-corrected chi connectivity index (χ1v) is 40.5. The van der Waals surface area contributed by atoms with Crippen molar-refractivity contribution in [2.45, 2.75) is 152 Å². The van der Waals surface area contributed by atoms with Crippen molar-refractivity contribution >= 4 is 41.1 Å². The van der Waals surface area contributed by atoms with Crippen molar-refractivity contribution in [3.63, 3.8) is 0 Å². The van der Waals surface area contributed by atoms with Gasteiger partial charge in [-0.2, -0.15) is 0 Å². The standard InChI is InChI=1S/C60H68O12.C25H26O5.C10H18Cl2O2/c1-35-25-53(61)39(5)21-49(35)59(50-22-40(6)54(62)26-36(50)2)45-13-17-47(18-14-45)69-31-57(65)71-33-67-29-43-9-11-44(12-10-43)30-68-34-72-58(66)32-70-48-19-15-46(16-20-48)60(51-23-41(7)55(63)27-37(51)3)52-24-42(8)56(64)28-38(52)4;1-14-12-22(26)15(2)11-21(14)24(19-9-16(3)25(29)17(4)10-19)18-5-7-20(8-6-18)30-13-23(27)28;11-7-13-5-9-1-2-10(4-3-9)6-14-8-12/h13-28,43-44,59-64H,9-12,29-34H2,1-8H3;5-12,24,26,29H,13H2,1-4H3,(H,27,28);9-10H,1-8H2. The number of benzene rings is 9. The van der Waals surface area contributed by atoms with Gasteiger partial charge >= 0.3 is 17.9 Å². The van der Waals surface area contributed by atoms with Gasteiger partial charge < -0.3 is 78.4 Å². The predicted molar refractivity (Wildman–Crippen MR) is 450 cm³/mol. The summed E-state index contributed by atoms with van der Waals surface area (Å²) in [5.41, 5.74) is 19.4. The monoisotopic (exact) mass is 1630 g/mol. The molecule has 2 aliphatic rings. The van der Waals surface area contributed by atoms with Crippen molar-refractivity contribution in [3.8, 4) is 51.7 Å². The third-order valence-electron chi connectivity index (χ3n) is 22.1. The van der Waals surface area contributed by atoms with Gasteiger partial charge in [-0.1, -0.05) is 102 Å². The molecule has 0 saturated heterocycles. The fourth-order valence-electron chi connectivity index (χ4n) is 15.4. The van der Waals surface area contributed by atoms with Crippen LogP contribution >= 0.6 is 23.2 Å². The summed E-state index contributed by atoms with van der Waals surface area (Å²) in [5, 5.41) is 70.7. The first-order chi connectivity index (χ1) is 55.5. The molecule has 9 aromatic carbocycles. The van der Waals surface area contributed by atoms with Gasteiger partial charge in [0, 0.05) is 17.8 Å². The number of alkyl halides is 2. The zero-order valence-corrected chi connectivity index (χ0v) is 70.1. The van der Waals surface area contributed by atoms with Crippen LogP contribution in [0, 0.1) is 107 Å². The van der Waals surface area contributed by atoms with Crippen LogP contribution in [0.4, 0.5) is 0 Å². The molecule has 620 valence electrons. The number of phenols is 6. The Kier molecular flexibility index (Phi) is 33.6. The molecule has 0 spiro atoms. The molecular weight excluding hydrogens is 1520 g/mol. The summed E-state index contributed by atoms with van der Waals surface area (Å²) in [5.74, 6) is 2.50. The minimum atomic E-state index is -1.03. The Morgan fingerprint density at radius 2 is 0.569 bits per heavy atom. The summed E-state index contributed by atoms with van der Waals surface area (Å²) in [6, 6.07) is 46.0. The molecule has 11 rings (SSSR count). The van der Waals surface area contributed by atoms with Crippen LogP contribution in [0.2, 0.25) is 0 Å². The van der Waals surface area contributed by atoms with Crippen molar-refractivity contribution in [1.29, 1.82) is 0 Å². The first kappa shape index (κ1) is 89.9. The number of aryl methyl sites for hydroxylation is 12. The second-order valence-electron chi connectivity index (χ2n) is 31.0. The molecule has 116 heavy (non-hydrogen) atoms. The summed E-state index contributed by atoms with van der Waals surface area (Å²) in [4.78, 5) is 35.8. The third kappa shape index (κ3) is 25.3. The molecule has 2 aliphatic carbocycles. The summed E-state index contributed by atoms with van der Waals surface area (Å²) in [7, 11) is 0. The molecule has 0 radical (unpaired) electrons. The van der Waals surface area contributed by atoms with E-state index in [4.69, 9.17) is 70.9 Å². The Morgan fingerprint density at radius 1 is 0.319 bits per heavy atom. The highest BCUT2D eigenvalue weighted by atomic mass is 35.5. The Labute approximate surface area is 692 Å². The number of phenolic OH excluding ortho intramolecular Hbond substituents is 6. The number of hydrogen-bond donors (Lipinski definition) is 7. The van der Waals surface area contributed by atoms with Gasteiger partial charge in [-0.15, -0.1) is 0 Å². The second kappa shape index (κ2) is 43.3. The smallest absolute Gasteiger partial charge is 0.346 e. The number of aliphatic carboxylic acids is 1. The van der Waals surface area contributed by atoms with Gasteiger partial charge in [-0.25, -0.2) is 14.4 Å². The van der Waals surface area contributed by atoms with E-state index in [1.54, 1.807) is 42.5 Å². The van der Waals surface area contributed by atoms with E-state index in [0.717, 1.165) is 156 Å². The lowest BCUT2D eigenvalue weighted by atomic mass is 9.80. The predicted octanol–water partition coefficient (Wildman–Crippen LogP) is 19.8. The highest BCUT2D eigenvalue weighted by Gasteiger charge is 2.29. The molecule has 2 fully saturated rings. The Bertz CT molecular complexity index is 4410. The molecule has 9 aromatic rings. The SMILES string of the molecule is Cc1cc(C(c2ccc(OCC(=O)O)cc2)c2cc(C)c(O)c(C)c2)c(C)cc1O.Cc1cc(C(c2ccc(OCC(=O)OCOCC3CCC(COCOC(=O)COc4ccc(C(c5cc(C)c(O)cc5C)c5cc(C)c(O)cc5C)cc4)CC3)cc2)c2cc(C)c(O)cc2C)c(C)cc1O.ClCOCC1CCC(COCCl)CC1. The van der Waals surface area contributed by atoms with E-state index in [1.165, 1.54) is 25.7 Å². The van der Waals surface area contributed by atoms with Crippen LogP contribution in [-0.4, -0.2) is 126 Å². The number of carboxylic acids is 1. The maximum Gasteiger partial charge on any atom is 0.346 e. The number of esters is 2. The summed E-state index contributed by atoms with van der Waals surface area (Å²) in [6.07, 6.45) is 8.68. The molecule has 0 heterocycles. The van der Waals surface area contributed by atoms with E-state index < -0.39 is 24.5 Å². The lowest BCUT2D eigenvalue weighted by molar-refractivity contribution is -0.161. The third-order valence-corrected chi connectivity index (χ3v) is 22.5. The summed E-state index contributed by atoms with van der Waals surface area (Å²) >= 11 is 10.9. The molecule has 0 amide bonds. The minimum absolute atomic E-state index is 0.129. The van der Waals surface area contributed by atoms with Crippen LogP contribution in [0.3, 0.4) is 0 Å². The van der Waals surface area contributed by atoms with Gasteiger partial charge in [-0.3, -0.25) is 0 Å². The van der Waals surface area contributed by atoms with Crippen molar-refractivity contribution in [2.75, 3.05) is 72.0 Å². The van der Waals surface area contributed by atoms with Crippen molar-refractivity contribution < 1.29 is 92.8 Å². The zero-order valence-electron chi connectivity index (χ0n) is 68.6. The van der Waals surface area contributed by atoms with E-state index in [9.17, 15) is 45.0 Å². The van der Waals surface area contributed by atoms with Crippen LogP contribution in [-0.2, 0) is 42.8 Å². The number of carbonyl (C=O) groups is 3.